The fourth-order valence-electron chi connectivity index (χ4n) is 2.89. The molecule has 0 unspecified atom stereocenters. The van der Waals surface area contributed by atoms with Crippen molar-refractivity contribution in [3.05, 3.63) is 87.7 Å². The first kappa shape index (κ1) is 18.9. The Hall–Kier alpha value is -2.85. The summed E-state index contributed by atoms with van der Waals surface area (Å²) in [5, 5.41) is 3.20. The Morgan fingerprint density at radius 3 is 2.52 bits per heavy atom. The Morgan fingerprint density at radius 1 is 1.00 bits per heavy atom. The van der Waals surface area contributed by atoms with Crippen LogP contribution < -0.4 is 5.32 Å². The van der Waals surface area contributed by atoms with Gasteiger partial charge < -0.3 is 9.88 Å². The number of anilines is 1. The number of carbonyl (C=O) groups excluding carboxylic acids is 2. The lowest BCUT2D eigenvalue weighted by molar-refractivity contribution is -0.112. The minimum absolute atomic E-state index is 0.352. The van der Waals surface area contributed by atoms with Gasteiger partial charge >= 0.3 is 0 Å². The zero-order valence-corrected chi connectivity index (χ0v) is 16.3. The monoisotopic (exact) mass is 380 g/mol. The van der Waals surface area contributed by atoms with E-state index < -0.39 is 11.7 Å². The molecule has 27 heavy (non-hydrogen) atoms. The summed E-state index contributed by atoms with van der Waals surface area (Å²) in [6, 6.07) is 14.8. The molecule has 0 atom stereocenters. The molecule has 0 saturated heterocycles. The molecule has 0 fully saturated rings. The van der Waals surface area contributed by atoms with Gasteiger partial charge in [-0.25, -0.2) is 0 Å². The van der Waals surface area contributed by atoms with E-state index in [0.717, 1.165) is 11.1 Å². The van der Waals surface area contributed by atoms with Gasteiger partial charge in [0, 0.05) is 23.5 Å². The fourth-order valence-corrected chi connectivity index (χ4v) is 3.07. The third kappa shape index (κ3) is 4.12. The maximum absolute atomic E-state index is 12.7. The van der Waals surface area contributed by atoms with Crippen LogP contribution in [0.15, 0.2) is 54.7 Å². The predicted octanol–water partition coefficient (Wildman–Crippen LogP) is 4.94. The Kier molecular flexibility index (Phi) is 5.47. The summed E-state index contributed by atoms with van der Waals surface area (Å²) in [5.74, 6) is -1.26. The van der Waals surface area contributed by atoms with Gasteiger partial charge in [0.15, 0.2) is 0 Å². The summed E-state index contributed by atoms with van der Waals surface area (Å²) in [6.45, 7) is 6.44. The van der Waals surface area contributed by atoms with E-state index in [4.69, 9.17) is 11.6 Å². The molecule has 0 aliphatic heterocycles. The predicted molar refractivity (Wildman–Crippen MR) is 109 cm³/mol. The van der Waals surface area contributed by atoms with Gasteiger partial charge in [0.1, 0.15) is 0 Å². The first-order valence-corrected chi connectivity index (χ1v) is 9.06. The van der Waals surface area contributed by atoms with Gasteiger partial charge in [-0.05, 0) is 67.3 Å². The highest BCUT2D eigenvalue weighted by atomic mass is 35.5. The van der Waals surface area contributed by atoms with Crippen molar-refractivity contribution in [1.82, 2.24) is 4.57 Å². The summed E-state index contributed by atoms with van der Waals surface area (Å²) >= 11 is 6.08. The number of aryl methyl sites for hydroxylation is 2. The smallest absolute Gasteiger partial charge is 0.298 e. The number of benzene rings is 2. The zero-order chi connectivity index (χ0) is 19.6. The van der Waals surface area contributed by atoms with Crippen molar-refractivity contribution in [2.75, 3.05) is 5.32 Å². The summed E-state index contributed by atoms with van der Waals surface area (Å²) in [5.41, 5.74) is 5.11. The zero-order valence-electron chi connectivity index (χ0n) is 15.5. The van der Waals surface area contributed by atoms with Crippen molar-refractivity contribution in [2.45, 2.75) is 27.3 Å². The summed E-state index contributed by atoms with van der Waals surface area (Å²) in [7, 11) is 0. The minimum atomic E-state index is -0.680. The van der Waals surface area contributed by atoms with Crippen molar-refractivity contribution in [1.29, 1.82) is 0 Å². The lowest BCUT2D eigenvalue weighted by Crippen LogP contribution is -2.25. The number of hydrogen-bond acceptors (Lipinski definition) is 2. The molecule has 5 heteroatoms. The van der Waals surface area contributed by atoms with Crippen LogP contribution in [0.4, 0.5) is 5.69 Å². The number of nitrogens with one attached hydrogen (secondary N) is 1. The van der Waals surface area contributed by atoms with Crippen LogP contribution in [0.5, 0.6) is 0 Å². The van der Waals surface area contributed by atoms with Gasteiger partial charge in [-0.15, -0.1) is 0 Å². The van der Waals surface area contributed by atoms with Gasteiger partial charge in [0.05, 0.1) is 5.69 Å². The normalized spacial score (nSPS) is 10.7. The standard InChI is InChI=1S/C22H21ClN2O2/c1-14-9-10-17(12-15(14)2)13-25-11-5-8-20(25)21(26)22(27)24-19-7-4-6-18(23)16(19)3/h4-12H,13H2,1-3H3,(H,24,27). The Labute approximate surface area is 163 Å². The number of ketones is 1. The second-order valence-corrected chi connectivity index (χ2v) is 7.04. The molecule has 3 aromatic rings. The van der Waals surface area contributed by atoms with Crippen LogP contribution in [0.25, 0.3) is 0 Å². The van der Waals surface area contributed by atoms with Crippen molar-refractivity contribution in [2.24, 2.45) is 0 Å². The van der Waals surface area contributed by atoms with Crippen LogP contribution in [0.1, 0.15) is 32.7 Å². The van der Waals surface area contributed by atoms with Crippen molar-refractivity contribution < 1.29 is 9.59 Å². The lowest BCUT2D eigenvalue weighted by atomic mass is 10.1. The quantitative estimate of drug-likeness (QED) is 0.503. The second-order valence-electron chi connectivity index (χ2n) is 6.64. The first-order chi connectivity index (χ1) is 12.9. The largest absolute Gasteiger partial charge is 0.340 e. The summed E-state index contributed by atoms with van der Waals surface area (Å²) in [4.78, 5) is 25.1. The molecule has 0 aliphatic rings. The molecule has 138 valence electrons. The number of carbonyl (C=O) groups is 2. The van der Waals surface area contributed by atoms with Gasteiger partial charge in [-0.2, -0.15) is 0 Å². The van der Waals surface area contributed by atoms with Crippen LogP contribution in [0.3, 0.4) is 0 Å². The molecule has 3 rings (SSSR count). The maximum Gasteiger partial charge on any atom is 0.298 e. The van der Waals surface area contributed by atoms with Crippen LogP contribution >= 0.6 is 11.6 Å². The second kappa shape index (κ2) is 7.80. The third-order valence-electron chi connectivity index (χ3n) is 4.71. The van der Waals surface area contributed by atoms with Gasteiger partial charge in [-0.3, -0.25) is 9.59 Å². The van der Waals surface area contributed by atoms with Gasteiger partial charge in [0.25, 0.3) is 11.7 Å². The fraction of sp³-hybridized carbons (Fsp3) is 0.182. The van der Waals surface area contributed by atoms with Crippen LogP contribution in [0, 0.1) is 20.8 Å². The molecular weight excluding hydrogens is 360 g/mol. The highest BCUT2D eigenvalue weighted by Gasteiger charge is 2.20. The number of Topliss-reactive ketones (excluding diaryl/α,β-unsaturated/α-hetero) is 1. The number of nitrogens with zero attached hydrogens (tertiary/aromatic N) is 1. The molecule has 1 amide bonds. The molecule has 0 spiro atoms. The molecule has 1 N–H and O–H groups in total. The summed E-state index contributed by atoms with van der Waals surface area (Å²) in [6.07, 6.45) is 1.81. The van der Waals surface area contributed by atoms with Gasteiger partial charge in [0.2, 0.25) is 0 Å². The van der Waals surface area contributed by atoms with Crippen molar-refractivity contribution in [3.8, 4) is 0 Å². The molecule has 0 radical (unpaired) electrons. The molecule has 0 saturated carbocycles. The maximum atomic E-state index is 12.7. The number of amides is 1. The number of rotatable bonds is 5. The van der Waals surface area contributed by atoms with E-state index in [0.29, 0.717) is 22.9 Å². The highest BCUT2D eigenvalue weighted by Crippen LogP contribution is 2.23. The van der Waals surface area contributed by atoms with E-state index in [9.17, 15) is 9.59 Å². The van der Waals surface area contributed by atoms with E-state index in [-0.39, 0.29) is 0 Å². The molecule has 0 aliphatic carbocycles. The highest BCUT2D eigenvalue weighted by molar-refractivity contribution is 6.46. The van der Waals surface area contributed by atoms with Crippen molar-refractivity contribution in [3.63, 3.8) is 0 Å². The van der Waals surface area contributed by atoms with E-state index in [1.807, 2.05) is 6.07 Å². The summed E-state index contributed by atoms with van der Waals surface area (Å²) < 4.78 is 1.79. The number of halogens is 1. The lowest BCUT2D eigenvalue weighted by Gasteiger charge is -2.12. The van der Waals surface area contributed by atoms with E-state index >= 15 is 0 Å². The van der Waals surface area contributed by atoms with E-state index in [1.165, 1.54) is 11.1 Å². The Bertz CT molecular complexity index is 1020. The third-order valence-corrected chi connectivity index (χ3v) is 5.12. The first-order valence-electron chi connectivity index (χ1n) is 8.69. The van der Waals surface area contributed by atoms with Crippen LogP contribution in [-0.4, -0.2) is 16.3 Å². The average molecular weight is 381 g/mol. The Balaban J connectivity index is 1.79. The molecular formula is C22H21ClN2O2. The number of hydrogen-bond donors (Lipinski definition) is 1. The number of aromatic nitrogens is 1. The van der Waals surface area contributed by atoms with Gasteiger partial charge in [-0.1, -0.05) is 35.9 Å². The average Bonchev–Trinajstić information content (AvgIpc) is 3.09. The topological polar surface area (TPSA) is 51.1 Å². The van der Waals surface area contributed by atoms with Crippen LogP contribution in [0.2, 0.25) is 5.02 Å². The molecule has 1 heterocycles. The molecule has 0 bridgehead atoms. The molecule has 1 aromatic heterocycles. The molecule has 2 aromatic carbocycles. The SMILES string of the molecule is Cc1ccc(Cn2cccc2C(=O)C(=O)Nc2cccc(Cl)c2C)cc1C. The van der Waals surface area contributed by atoms with E-state index in [1.54, 1.807) is 48.0 Å². The van der Waals surface area contributed by atoms with Crippen LogP contribution in [-0.2, 0) is 11.3 Å². The van der Waals surface area contributed by atoms with E-state index in [2.05, 4.69) is 31.3 Å². The molecule has 4 nitrogen and oxygen atoms in total. The van der Waals surface area contributed by atoms with Crippen molar-refractivity contribution >= 4 is 29.0 Å². The Morgan fingerprint density at radius 2 is 1.78 bits per heavy atom. The minimum Gasteiger partial charge on any atom is -0.340 e.